The summed E-state index contributed by atoms with van der Waals surface area (Å²) in [4.78, 5) is 29.5. The molecule has 2 aliphatic heterocycles. The number of hydrogen-bond donors (Lipinski definition) is 0. The molecule has 0 atom stereocenters. The van der Waals surface area contributed by atoms with Gasteiger partial charge in [-0.25, -0.2) is 0 Å². The van der Waals surface area contributed by atoms with Crippen molar-refractivity contribution in [2.75, 3.05) is 39.4 Å². The van der Waals surface area contributed by atoms with Gasteiger partial charge >= 0.3 is 0 Å². The molecule has 0 aromatic heterocycles. The van der Waals surface area contributed by atoms with E-state index in [0.717, 1.165) is 57.8 Å². The van der Waals surface area contributed by atoms with Gasteiger partial charge in [0.1, 0.15) is 0 Å². The average molecular weight is 365 g/mol. The Hall–Kier alpha value is -1.10. The number of morpholine rings is 1. The molecule has 2 heterocycles. The van der Waals surface area contributed by atoms with Crippen LogP contribution in [0.15, 0.2) is 0 Å². The summed E-state index contributed by atoms with van der Waals surface area (Å²) < 4.78 is 5.34. The van der Waals surface area contributed by atoms with E-state index in [1.54, 1.807) is 0 Å². The average Bonchev–Trinajstić information content (AvgIpc) is 2.72. The molecular weight excluding hydrogens is 328 g/mol. The highest BCUT2D eigenvalue weighted by Gasteiger charge is 2.34. The molecular formula is C21H36N2O3. The van der Waals surface area contributed by atoms with Gasteiger partial charge in [-0.05, 0) is 44.4 Å². The van der Waals surface area contributed by atoms with Crippen molar-refractivity contribution < 1.29 is 14.3 Å². The van der Waals surface area contributed by atoms with E-state index in [1.165, 1.54) is 32.1 Å². The first kappa shape index (κ1) is 19.7. The van der Waals surface area contributed by atoms with Crippen LogP contribution in [-0.2, 0) is 14.3 Å². The number of unbranched alkanes of at least 4 members (excludes halogenated alkanes) is 1. The van der Waals surface area contributed by atoms with Crippen molar-refractivity contribution in [2.24, 2.45) is 17.8 Å². The smallest absolute Gasteiger partial charge is 0.225 e. The van der Waals surface area contributed by atoms with E-state index in [0.29, 0.717) is 19.1 Å². The van der Waals surface area contributed by atoms with E-state index in [2.05, 4.69) is 6.92 Å². The Morgan fingerprint density at radius 2 is 1.35 bits per heavy atom. The zero-order valence-corrected chi connectivity index (χ0v) is 16.5. The molecule has 5 heteroatoms. The fourth-order valence-electron chi connectivity index (χ4n) is 4.84. The number of amides is 2. The third-order valence-electron chi connectivity index (χ3n) is 6.64. The fourth-order valence-corrected chi connectivity index (χ4v) is 4.84. The quantitative estimate of drug-likeness (QED) is 0.753. The molecule has 0 aromatic carbocycles. The second-order valence-corrected chi connectivity index (χ2v) is 8.40. The molecule has 3 fully saturated rings. The van der Waals surface area contributed by atoms with Gasteiger partial charge in [-0.3, -0.25) is 9.59 Å². The van der Waals surface area contributed by atoms with Crippen LogP contribution in [0.5, 0.6) is 0 Å². The third-order valence-corrected chi connectivity index (χ3v) is 6.64. The van der Waals surface area contributed by atoms with Crippen molar-refractivity contribution in [3.05, 3.63) is 0 Å². The number of ether oxygens (including phenoxy) is 1. The van der Waals surface area contributed by atoms with Gasteiger partial charge in [0, 0.05) is 38.0 Å². The Morgan fingerprint density at radius 1 is 0.808 bits per heavy atom. The molecule has 1 aliphatic carbocycles. The Kier molecular flexibility index (Phi) is 7.35. The molecule has 0 radical (unpaired) electrons. The zero-order valence-electron chi connectivity index (χ0n) is 16.5. The van der Waals surface area contributed by atoms with Gasteiger partial charge < -0.3 is 14.5 Å². The predicted molar refractivity (Wildman–Crippen MR) is 102 cm³/mol. The first-order valence-corrected chi connectivity index (χ1v) is 10.8. The third kappa shape index (κ3) is 4.99. The van der Waals surface area contributed by atoms with E-state index < -0.39 is 0 Å². The van der Waals surface area contributed by atoms with Crippen LogP contribution in [0.4, 0.5) is 0 Å². The molecule has 148 valence electrons. The van der Waals surface area contributed by atoms with Crippen molar-refractivity contribution >= 4 is 11.8 Å². The van der Waals surface area contributed by atoms with E-state index >= 15 is 0 Å². The number of rotatable bonds is 5. The maximum Gasteiger partial charge on any atom is 0.225 e. The van der Waals surface area contributed by atoms with Crippen LogP contribution in [0, 0.1) is 17.8 Å². The second-order valence-electron chi connectivity index (χ2n) is 8.40. The van der Waals surface area contributed by atoms with Gasteiger partial charge in [-0.1, -0.05) is 26.2 Å². The Balaban J connectivity index is 1.40. The lowest BCUT2D eigenvalue weighted by molar-refractivity contribution is -0.145. The van der Waals surface area contributed by atoms with Crippen molar-refractivity contribution in [2.45, 2.75) is 64.7 Å². The highest BCUT2D eigenvalue weighted by atomic mass is 16.5. The van der Waals surface area contributed by atoms with Crippen molar-refractivity contribution in [3.63, 3.8) is 0 Å². The highest BCUT2D eigenvalue weighted by Crippen LogP contribution is 2.33. The summed E-state index contributed by atoms with van der Waals surface area (Å²) in [6.45, 7) is 6.53. The second kappa shape index (κ2) is 9.72. The molecule has 3 rings (SSSR count). The number of carbonyl (C=O) groups excluding carboxylic acids is 2. The van der Waals surface area contributed by atoms with Crippen LogP contribution in [0.3, 0.4) is 0 Å². The molecule has 0 bridgehead atoms. The summed E-state index contributed by atoms with van der Waals surface area (Å²) in [6.07, 6.45) is 10.2. The van der Waals surface area contributed by atoms with Crippen LogP contribution < -0.4 is 0 Å². The fraction of sp³-hybridized carbons (Fsp3) is 0.905. The topological polar surface area (TPSA) is 49.9 Å². The molecule has 5 nitrogen and oxygen atoms in total. The summed E-state index contributed by atoms with van der Waals surface area (Å²) in [6, 6.07) is 0. The van der Waals surface area contributed by atoms with Gasteiger partial charge in [0.15, 0.2) is 0 Å². The van der Waals surface area contributed by atoms with Crippen LogP contribution in [0.25, 0.3) is 0 Å². The Bertz CT molecular complexity index is 460. The van der Waals surface area contributed by atoms with Gasteiger partial charge in [-0.2, -0.15) is 0 Å². The van der Waals surface area contributed by atoms with Gasteiger partial charge in [0.2, 0.25) is 11.8 Å². The van der Waals surface area contributed by atoms with Crippen LogP contribution >= 0.6 is 0 Å². The summed E-state index contributed by atoms with van der Waals surface area (Å²) in [5.74, 6) is 1.81. The summed E-state index contributed by atoms with van der Waals surface area (Å²) in [7, 11) is 0. The van der Waals surface area contributed by atoms with Crippen LogP contribution in [0.1, 0.15) is 64.7 Å². The maximum absolute atomic E-state index is 12.9. The van der Waals surface area contributed by atoms with Gasteiger partial charge in [0.25, 0.3) is 0 Å². The monoisotopic (exact) mass is 364 g/mol. The van der Waals surface area contributed by atoms with E-state index in [4.69, 9.17) is 4.74 Å². The lowest BCUT2D eigenvalue weighted by Gasteiger charge is -2.38. The lowest BCUT2D eigenvalue weighted by atomic mass is 9.79. The first-order chi connectivity index (χ1) is 12.7. The SMILES string of the molecule is CCCCC1CCC(C(=O)N2CCC(C(=O)N3CCOCC3)CC2)CC1. The minimum absolute atomic E-state index is 0.0990. The number of carbonyl (C=O) groups is 2. The molecule has 2 amide bonds. The number of nitrogens with zero attached hydrogens (tertiary/aromatic N) is 2. The van der Waals surface area contributed by atoms with E-state index in [-0.39, 0.29) is 17.7 Å². The Morgan fingerprint density at radius 3 is 1.92 bits per heavy atom. The standard InChI is InChI=1S/C21H36N2O3/c1-2-3-4-17-5-7-18(8-6-17)20(24)22-11-9-19(10-12-22)21(25)23-13-15-26-16-14-23/h17-19H,2-16H2,1H3. The largest absolute Gasteiger partial charge is 0.378 e. The summed E-state index contributed by atoms with van der Waals surface area (Å²) >= 11 is 0. The molecule has 26 heavy (non-hydrogen) atoms. The molecule has 1 saturated carbocycles. The summed E-state index contributed by atoms with van der Waals surface area (Å²) in [5.41, 5.74) is 0. The molecule has 0 spiro atoms. The lowest BCUT2D eigenvalue weighted by Crippen LogP contribution is -2.48. The molecule has 0 unspecified atom stereocenters. The van der Waals surface area contributed by atoms with Crippen molar-refractivity contribution in [1.82, 2.24) is 9.80 Å². The van der Waals surface area contributed by atoms with E-state index in [9.17, 15) is 9.59 Å². The minimum Gasteiger partial charge on any atom is -0.378 e. The van der Waals surface area contributed by atoms with E-state index in [1.807, 2.05) is 9.80 Å². The highest BCUT2D eigenvalue weighted by molar-refractivity contribution is 5.81. The van der Waals surface area contributed by atoms with Gasteiger partial charge in [0.05, 0.1) is 13.2 Å². The zero-order chi connectivity index (χ0) is 18.4. The van der Waals surface area contributed by atoms with Crippen LogP contribution in [-0.4, -0.2) is 61.0 Å². The number of likely N-dealkylation sites (tertiary alicyclic amines) is 1. The predicted octanol–water partition coefficient (Wildman–Crippen LogP) is 3.08. The maximum atomic E-state index is 12.9. The normalized spacial score (nSPS) is 28.2. The van der Waals surface area contributed by atoms with Crippen molar-refractivity contribution in [1.29, 1.82) is 0 Å². The van der Waals surface area contributed by atoms with Gasteiger partial charge in [-0.15, -0.1) is 0 Å². The molecule has 0 N–H and O–H groups in total. The summed E-state index contributed by atoms with van der Waals surface area (Å²) in [5, 5.41) is 0. The Labute approximate surface area is 158 Å². The van der Waals surface area contributed by atoms with Crippen molar-refractivity contribution in [3.8, 4) is 0 Å². The molecule has 0 aromatic rings. The van der Waals surface area contributed by atoms with Crippen LogP contribution in [0.2, 0.25) is 0 Å². The number of hydrogen-bond acceptors (Lipinski definition) is 3. The first-order valence-electron chi connectivity index (χ1n) is 10.8. The molecule has 2 saturated heterocycles. The minimum atomic E-state index is 0.0990. The molecule has 3 aliphatic rings. The number of piperidine rings is 1.